The lowest BCUT2D eigenvalue weighted by Crippen LogP contribution is -2.14. The molecule has 1 aliphatic heterocycles. The lowest BCUT2D eigenvalue weighted by atomic mass is 10.5. The van der Waals surface area contributed by atoms with E-state index in [0.717, 1.165) is 6.29 Å². The molecule has 0 aromatic rings. The van der Waals surface area contributed by atoms with Gasteiger partial charge in [0.05, 0.1) is 12.6 Å². The average Bonchev–Trinajstić information content (AvgIpc) is 2.45. The summed E-state index contributed by atoms with van der Waals surface area (Å²) >= 11 is 0. The molecule has 0 bridgehead atoms. The largest absolute Gasteiger partial charge is 0.480 e. The summed E-state index contributed by atoms with van der Waals surface area (Å²) in [6.45, 7) is 0.596. The molecule has 1 aliphatic rings. The molecule has 4 nitrogen and oxygen atoms in total. The zero-order valence-corrected chi connectivity index (χ0v) is 4.78. The third-order valence-electron chi connectivity index (χ3n) is 1.25. The molecule has 0 aromatic carbocycles. The zero-order chi connectivity index (χ0) is 6.85. The predicted octanol–water partition coefficient (Wildman–Crippen LogP) is -1.05. The van der Waals surface area contributed by atoms with Gasteiger partial charge in [-0.3, -0.25) is 9.69 Å². The molecule has 1 unspecified atom stereocenters. The number of hydrogen-bond donors (Lipinski definition) is 1. The molecule has 9 heavy (non-hydrogen) atoms. The summed E-state index contributed by atoms with van der Waals surface area (Å²) in [7, 11) is 0. The van der Waals surface area contributed by atoms with E-state index >= 15 is 0 Å². The molecule has 2 atom stereocenters. The number of carbonyl (C=O) groups is 2. The quantitative estimate of drug-likeness (QED) is 0.390. The Bertz CT molecular complexity index is 145. The lowest BCUT2D eigenvalue weighted by Gasteiger charge is -1.90. The van der Waals surface area contributed by atoms with Crippen molar-refractivity contribution in [2.75, 3.05) is 13.1 Å². The minimum atomic E-state index is -0.876. The maximum Gasteiger partial charge on any atom is 0.317 e. The fourth-order valence-electron chi connectivity index (χ4n) is 0.678. The van der Waals surface area contributed by atoms with Crippen molar-refractivity contribution in [3.05, 3.63) is 0 Å². The van der Waals surface area contributed by atoms with Crippen molar-refractivity contribution in [1.29, 1.82) is 0 Å². The van der Waals surface area contributed by atoms with Gasteiger partial charge in [0.25, 0.3) is 0 Å². The number of nitrogens with zero attached hydrogens (tertiary/aromatic N) is 1. The Labute approximate surface area is 52.1 Å². The first-order chi connectivity index (χ1) is 4.24. The number of carbonyl (C=O) groups excluding carboxylic acids is 1. The van der Waals surface area contributed by atoms with Crippen LogP contribution in [0.2, 0.25) is 0 Å². The third-order valence-corrected chi connectivity index (χ3v) is 1.25. The monoisotopic (exact) mass is 129 g/mol. The van der Waals surface area contributed by atoms with Crippen LogP contribution in [0.3, 0.4) is 0 Å². The number of aliphatic carboxylic acids is 1. The molecule has 50 valence electrons. The molecule has 0 aromatic heterocycles. The van der Waals surface area contributed by atoms with E-state index in [1.165, 1.54) is 0 Å². The van der Waals surface area contributed by atoms with E-state index in [2.05, 4.69) is 0 Å². The van der Waals surface area contributed by atoms with Gasteiger partial charge >= 0.3 is 5.97 Å². The molecule has 0 aliphatic carbocycles. The molecule has 0 radical (unpaired) electrons. The summed E-state index contributed by atoms with van der Waals surface area (Å²) in [4.78, 5) is 21.5. The molecular weight excluding hydrogens is 122 g/mol. The van der Waals surface area contributed by atoms with Crippen molar-refractivity contribution in [2.45, 2.75) is 6.04 Å². The Morgan fingerprint density at radius 3 is 2.89 bits per heavy atom. The van der Waals surface area contributed by atoms with Gasteiger partial charge in [-0.2, -0.15) is 0 Å². The first kappa shape index (κ1) is 6.22. The van der Waals surface area contributed by atoms with Gasteiger partial charge < -0.3 is 9.90 Å². The van der Waals surface area contributed by atoms with E-state index in [1.807, 2.05) is 0 Å². The van der Waals surface area contributed by atoms with Crippen LogP contribution in [0, 0.1) is 0 Å². The number of rotatable bonds is 3. The Kier molecular flexibility index (Phi) is 1.48. The highest BCUT2D eigenvalue weighted by molar-refractivity contribution is 5.72. The second kappa shape index (κ2) is 2.14. The minimum absolute atomic E-state index is 0.0105. The first-order valence-corrected chi connectivity index (χ1v) is 2.65. The topological polar surface area (TPSA) is 57.4 Å². The fourth-order valence-corrected chi connectivity index (χ4v) is 0.678. The van der Waals surface area contributed by atoms with Crippen molar-refractivity contribution in [3.63, 3.8) is 0 Å². The molecule has 0 spiro atoms. The van der Waals surface area contributed by atoms with Gasteiger partial charge in [0, 0.05) is 6.54 Å². The number of carboxylic acid groups (broad SMARTS) is 1. The van der Waals surface area contributed by atoms with Crippen LogP contribution in [-0.2, 0) is 9.59 Å². The summed E-state index contributed by atoms with van der Waals surface area (Å²) in [5, 5.41) is 8.18. The van der Waals surface area contributed by atoms with E-state index in [-0.39, 0.29) is 12.6 Å². The van der Waals surface area contributed by atoms with Gasteiger partial charge in [-0.05, 0) is 0 Å². The number of aldehydes is 1. The van der Waals surface area contributed by atoms with E-state index < -0.39 is 5.97 Å². The predicted molar refractivity (Wildman–Crippen MR) is 29.1 cm³/mol. The summed E-state index contributed by atoms with van der Waals surface area (Å²) in [6, 6.07) is -0.124. The minimum Gasteiger partial charge on any atom is -0.480 e. The molecule has 1 rings (SSSR count). The Hall–Kier alpha value is -0.900. The van der Waals surface area contributed by atoms with Gasteiger partial charge in [-0.15, -0.1) is 0 Å². The van der Waals surface area contributed by atoms with Crippen LogP contribution in [0.25, 0.3) is 0 Å². The van der Waals surface area contributed by atoms with E-state index in [1.54, 1.807) is 4.90 Å². The normalized spacial score (nSPS) is 31.6. The number of hydrogen-bond acceptors (Lipinski definition) is 3. The summed E-state index contributed by atoms with van der Waals surface area (Å²) in [5.74, 6) is -0.876. The maximum absolute atomic E-state index is 9.95. The van der Waals surface area contributed by atoms with Gasteiger partial charge in [0.15, 0.2) is 0 Å². The molecule has 1 heterocycles. The van der Waals surface area contributed by atoms with Crippen LogP contribution in [0.15, 0.2) is 0 Å². The fraction of sp³-hybridized carbons (Fsp3) is 0.600. The molecule has 1 saturated heterocycles. The van der Waals surface area contributed by atoms with Crippen molar-refractivity contribution in [3.8, 4) is 0 Å². The van der Waals surface area contributed by atoms with Gasteiger partial charge in [0.1, 0.15) is 6.29 Å². The second-order valence-corrected chi connectivity index (χ2v) is 2.03. The van der Waals surface area contributed by atoms with Crippen LogP contribution in [0.4, 0.5) is 0 Å². The lowest BCUT2D eigenvalue weighted by molar-refractivity contribution is -0.137. The molecule has 0 amide bonds. The van der Waals surface area contributed by atoms with E-state index in [0.29, 0.717) is 6.54 Å². The van der Waals surface area contributed by atoms with E-state index in [4.69, 9.17) is 5.11 Å². The summed E-state index contributed by atoms with van der Waals surface area (Å²) in [5.41, 5.74) is 0. The van der Waals surface area contributed by atoms with Crippen molar-refractivity contribution >= 4 is 12.3 Å². The average molecular weight is 129 g/mol. The zero-order valence-electron chi connectivity index (χ0n) is 4.78. The highest BCUT2D eigenvalue weighted by Crippen LogP contribution is 2.12. The number of carboxylic acids is 1. The smallest absolute Gasteiger partial charge is 0.317 e. The van der Waals surface area contributed by atoms with Crippen molar-refractivity contribution in [2.24, 2.45) is 0 Å². The summed E-state index contributed by atoms with van der Waals surface area (Å²) in [6.07, 6.45) is 0.767. The van der Waals surface area contributed by atoms with Gasteiger partial charge in [-0.25, -0.2) is 0 Å². The molecule has 1 N–H and O–H groups in total. The standard InChI is InChI=1S/C5H7NO3/c7-3-4-1-6(4)2-5(8)9/h3-4H,1-2H2,(H,8,9)/t4-,6?/m0/s1. The van der Waals surface area contributed by atoms with E-state index in [9.17, 15) is 9.59 Å². The highest BCUT2D eigenvalue weighted by atomic mass is 16.4. The molecule has 4 heteroatoms. The maximum atomic E-state index is 9.95. The molecule has 1 fully saturated rings. The Balaban J connectivity index is 2.19. The Morgan fingerprint density at radius 1 is 1.89 bits per heavy atom. The van der Waals surface area contributed by atoms with Crippen LogP contribution < -0.4 is 0 Å². The van der Waals surface area contributed by atoms with Crippen LogP contribution in [-0.4, -0.2) is 41.4 Å². The molecular formula is C5H7NO3. The van der Waals surface area contributed by atoms with Crippen LogP contribution in [0.1, 0.15) is 0 Å². The second-order valence-electron chi connectivity index (χ2n) is 2.03. The summed E-state index contributed by atoms with van der Waals surface area (Å²) < 4.78 is 0. The first-order valence-electron chi connectivity index (χ1n) is 2.65. The van der Waals surface area contributed by atoms with Crippen LogP contribution in [0.5, 0.6) is 0 Å². The van der Waals surface area contributed by atoms with Gasteiger partial charge in [-0.1, -0.05) is 0 Å². The SMILES string of the molecule is O=C[C@@H]1CN1CC(=O)O. The Morgan fingerprint density at radius 2 is 2.56 bits per heavy atom. The third kappa shape index (κ3) is 1.50. The highest BCUT2D eigenvalue weighted by Gasteiger charge is 2.34. The van der Waals surface area contributed by atoms with Crippen molar-refractivity contribution < 1.29 is 14.7 Å². The van der Waals surface area contributed by atoms with Crippen LogP contribution >= 0.6 is 0 Å². The molecule has 0 saturated carbocycles. The van der Waals surface area contributed by atoms with Crippen molar-refractivity contribution in [1.82, 2.24) is 4.90 Å². The van der Waals surface area contributed by atoms with Gasteiger partial charge in [0.2, 0.25) is 0 Å².